The van der Waals surface area contributed by atoms with Crippen molar-refractivity contribution in [2.24, 2.45) is 5.73 Å². The molecule has 2 N–H and O–H groups in total. The Hall–Kier alpha value is -0.720. The van der Waals surface area contributed by atoms with E-state index in [1.54, 1.807) is 11.3 Å². The quantitative estimate of drug-likeness (QED) is 0.880. The molecular weight excluding hydrogens is 288 g/mol. The third-order valence-corrected chi connectivity index (χ3v) is 4.33. The van der Waals surface area contributed by atoms with Crippen molar-refractivity contribution >= 4 is 27.3 Å². The van der Waals surface area contributed by atoms with Gasteiger partial charge in [0.25, 0.3) is 0 Å². The van der Waals surface area contributed by atoms with E-state index in [9.17, 15) is 0 Å². The van der Waals surface area contributed by atoms with E-state index in [0.717, 1.165) is 39.7 Å². The zero-order valence-corrected chi connectivity index (χ0v) is 11.0. The molecule has 1 atom stereocenters. The van der Waals surface area contributed by atoms with Gasteiger partial charge in [0.15, 0.2) is 5.82 Å². The molecule has 0 aliphatic carbocycles. The van der Waals surface area contributed by atoms with E-state index in [-0.39, 0.29) is 6.04 Å². The predicted molar refractivity (Wildman–Crippen MR) is 67.2 cm³/mol. The topological polar surface area (TPSA) is 56.7 Å². The van der Waals surface area contributed by atoms with E-state index in [1.807, 2.05) is 16.8 Å². The van der Waals surface area contributed by atoms with Crippen LogP contribution in [0.25, 0.3) is 10.7 Å². The number of hydrogen-bond donors (Lipinski definition) is 1. The van der Waals surface area contributed by atoms with Crippen LogP contribution in [-0.4, -0.2) is 14.8 Å². The van der Waals surface area contributed by atoms with Crippen molar-refractivity contribution in [2.45, 2.75) is 25.4 Å². The van der Waals surface area contributed by atoms with E-state index in [2.05, 4.69) is 26.0 Å². The lowest BCUT2D eigenvalue weighted by molar-refractivity contribution is 0.422. The summed E-state index contributed by atoms with van der Waals surface area (Å²) in [7, 11) is 0. The lowest BCUT2D eigenvalue weighted by Crippen LogP contribution is -2.22. The van der Waals surface area contributed by atoms with E-state index < -0.39 is 0 Å². The van der Waals surface area contributed by atoms with Gasteiger partial charge in [0.2, 0.25) is 0 Å². The Kier molecular flexibility index (Phi) is 2.57. The Bertz CT molecular complexity index is 519. The molecule has 0 fully saturated rings. The minimum absolute atomic E-state index is 0.0402. The molecule has 1 aliphatic rings. The van der Waals surface area contributed by atoms with Gasteiger partial charge in [0.1, 0.15) is 5.82 Å². The van der Waals surface area contributed by atoms with Gasteiger partial charge in [-0.3, -0.25) is 0 Å². The van der Waals surface area contributed by atoms with E-state index in [1.165, 1.54) is 0 Å². The number of aryl methyl sites for hydroxylation is 1. The maximum Gasteiger partial charge on any atom is 0.191 e. The van der Waals surface area contributed by atoms with E-state index in [0.29, 0.717) is 0 Å². The number of nitrogens with two attached hydrogens (primary N) is 1. The number of thiophene rings is 1. The molecule has 16 heavy (non-hydrogen) atoms. The Balaban J connectivity index is 2.04. The average molecular weight is 299 g/mol. The van der Waals surface area contributed by atoms with Crippen LogP contribution in [0.1, 0.15) is 24.7 Å². The van der Waals surface area contributed by atoms with Crippen LogP contribution in [0.5, 0.6) is 0 Å². The van der Waals surface area contributed by atoms with Crippen LogP contribution < -0.4 is 5.73 Å². The second kappa shape index (κ2) is 3.94. The van der Waals surface area contributed by atoms with Gasteiger partial charge in [0.05, 0.1) is 14.7 Å². The number of halogens is 1. The summed E-state index contributed by atoms with van der Waals surface area (Å²) in [6, 6.07) is 4.08. The summed E-state index contributed by atoms with van der Waals surface area (Å²) in [6.07, 6.45) is 2.09. The Morgan fingerprint density at radius 2 is 2.38 bits per heavy atom. The van der Waals surface area contributed by atoms with Gasteiger partial charge < -0.3 is 5.73 Å². The first kappa shape index (κ1) is 10.4. The monoisotopic (exact) mass is 298 g/mol. The predicted octanol–water partition coefficient (Wildman–Crippen LogP) is 2.56. The molecule has 4 nitrogen and oxygen atoms in total. The van der Waals surface area contributed by atoms with E-state index >= 15 is 0 Å². The van der Waals surface area contributed by atoms with Crippen LogP contribution in [0, 0.1) is 0 Å². The molecule has 84 valence electrons. The summed E-state index contributed by atoms with van der Waals surface area (Å²) in [4.78, 5) is 5.62. The zero-order valence-electron chi connectivity index (χ0n) is 8.56. The van der Waals surface area contributed by atoms with Crippen LogP contribution >= 0.6 is 27.3 Å². The Morgan fingerprint density at radius 3 is 3.06 bits per heavy atom. The molecule has 0 bridgehead atoms. The molecule has 2 aromatic rings. The number of fused-ring (bicyclic) bond motifs is 1. The van der Waals surface area contributed by atoms with E-state index in [4.69, 9.17) is 5.73 Å². The highest BCUT2D eigenvalue weighted by Crippen LogP contribution is 2.31. The van der Waals surface area contributed by atoms with Crippen molar-refractivity contribution in [2.75, 3.05) is 0 Å². The maximum absolute atomic E-state index is 6.01. The van der Waals surface area contributed by atoms with Crippen molar-refractivity contribution in [3.05, 3.63) is 21.7 Å². The number of hydrogen-bond acceptors (Lipinski definition) is 4. The SMILES string of the molecule is NC1CCCn2nc(-c3ccc(Br)s3)nc21. The van der Waals surface area contributed by atoms with Gasteiger partial charge in [-0.2, -0.15) is 0 Å². The van der Waals surface area contributed by atoms with Crippen LogP contribution in [-0.2, 0) is 6.54 Å². The van der Waals surface area contributed by atoms with Gasteiger partial charge >= 0.3 is 0 Å². The van der Waals surface area contributed by atoms with Crippen LogP contribution in [0.4, 0.5) is 0 Å². The van der Waals surface area contributed by atoms with Crippen molar-refractivity contribution in [1.82, 2.24) is 14.8 Å². The van der Waals surface area contributed by atoms with Gasteiger partial charge in [0, 0.05) is 6.54 Å². The highest BCUT2D eigenvalue weighted by molar-refractivity contribution is 9.11. The summed E-state index contributed by atoms with van der Waals surface area (Å²) in [5.74, 6) is 1.72. The lowest BCUT2D eigenvalue weighted by Gasteiger charge is -2.17. The molecule has 3 heterocycles. The first-order valence-electron chi connectivity index (χ1n) is 5.20. The number of rotatable bonds is 1. The molecule has 0 radical (unpaired) electrons. The lowest BCUT2D eigenvalue weighted by atomic mass is 10.1. The van der Waals surface area contributed by atoms with Crippen LogP contribution in [0.2, 0.25) is 0 Å². The summed E-state index contributed by atoms with van der Waals surface area (Å²) >= 11 is 5.09. The van der Waals surface area contributed by atoms with Crippen molar-refractivity contribution < 1.29 is 0 Å². The Morgan fingerprint density at radius 1 is 1.50 bits per heavy atom. The van der Waals surface area contributed by atoms with Crippen LogP contribution in [0.3, 0.4) is 0 Å². The smallest absolute Gasteiger partial charge is 0.191 e. The normalized spacial score (nSPS) is 19.8. The molecule has 0 saturated carbocycles. The Labute approximate surface area is 106 Å². The fraction of sp³-hybridized carbons (Fsp3) is 0.400. The molecule has 2 aromatic heterocycles. The van der Waals surface area contributed by atoms with Crippen molar-refractivity contribution in [1.29, 1.82) is 0 Å². The first-order valence-corrected chi connectivity index (χ1v) is 6.81. The summed E-state index contributed by atoms with van der Waals surface area (Å²) in [5.41, 5.74) is 6.01. The largest absolute Gasteiger partial charge is 0.321 e. The van der Waals surface area contributed by atoms with Crippen LogP contribution in [0.15, 0.2) is 15.9 Å². The molecule has 0 amide bonds. The number of nitrogens with zero attached hydrogens (tertiary/aromatic N) is 3. The molecule has 1 aliphatic heterocycles. The standard InChI is InChI=1S/C10H11BrN4S/c11-8-4-3-7(16-8)9-13-10-6(12)2-1-5-15(10)14-9/h3-4,6H,1-2,5,12H2. The minimum atomic E-state index is 0.0402. The fourth-order valence-electron chi connectivity index (χ4n) is 1.92. The molecule has 0 spiro atoms. The highest BCUT2D eigenvalue weighted by atomic mass is 79.9. The average Bonchev–Trinajstić information content (AvgIpc) is 2.84. The van der Waals surface area contributed by atoms with Crippen molar-refractivity contribution in [3.8, 4) is 10.7 Å². The van der Waals surface area contributed by atoms with Gasteiger partial charge in [-0.15, -0.1) is 16.4 Å². The van der Waals surface area contributed by atoms with Gasteiger partial charge in [-0.25, -0.2) is 9.67 Å². The zero-order chi connectivity index (χ0) is 11.1. The second-order valence-electron chi connectivity index (χ2n) is 3.87. The first-order chi connectivity index (χ1) is 7.74. The highest BCUT2D eigenvalue weighted by Gasteiger charge is 2.21. The van der Waals surface area contributed by atoms with Crippen molar-refractivity contribution in [3.63, 3.8) is 0 Å². The minimum Gasteiger partial charge on any atom is -0.321 e. The van der Waals surface area contributed by atoms with Gasteiger partial charge in [-0.1, -0.05) is 0 Å². The molecule has 3 rings (SSSR count). The third-order valence-electron chi connectivity index (χ3n) is 2.71. The summed E-state index contributed by atoms with van der Waals surface area (Å²) in [6.45, 7) is 0.933. The molecular formula is C10H11BrN4S. The molecule has 0 aromatic carbocycles. The maximum atomic E-state index is 6.01. The molecule has 0 saturated heterocycles. The molecule has 6 heteroatoms. The third kappa shape index (κ3) is 1.70. The fourth-order valence-corrected chi connectivity index (χ4v) is 3.24. The summed E-state index contributed by atoms with van der Waals surface area (Å²) < 4.78 is 3.04. The molecule has 1 unspecified atom stereocenters. The van der Waals surface area contributed by atoms with Gasteiger partial charge in [-0.05, 0) is 40.9 Å². The summed E-state index contributed by atoms with van der Waals surface area (Å²) in [5, 5.41) is 4.50. The number of aromatic nitrogens is 3. The second-order valence-corrected chi connectivity index (χ2v) is 6.33.